The molecule has 0 aliphatic heterocycles. The fraction of sp³-hybridized carbons (Fsp3) is 0. The zero-order valence-corrected chi connectivity index (χ0v) is 45.3. The monoisotopic (exact) mass is 1070 g/mol. The minimum Gasteiger partial charge on any atom is -0.308 e. The summed E-state index contributed by atoms with van der Waals surface area (Å²) in [5.74, 6) is 1.26. The fourth-order valence-electron chi connectivity index (χ4n) is 12.0. The van der Waals surface area contributed by atoms with Gasteiger partial charge in [0, 0.05) is 38.2 Å². The highest BCUT2D eigenvalue weighted by Gasteiger charge is 2.25. The first kappa shape index (κ1) is 49.3. The van der Waals surface area contributed by atoms with E-state index in [4.69, 9.17) is 15.0 Å². The summed E-state index contributed by atoms with van der Waals surface area (Å²) in [6.07, 6.45) is 0. The van der Waals surface area contributed by atoms with E-state index < -0.39 is 0 Å². The third-order valence-corrected chi connectivity index (χ3v) is 16.1. The van der Waals surface area contributed by atoms with E-state index >= 15 is 0 Å². The third kappa shape index (κ3) is 8.65. The normalized spacial score (nSPS) is 11.3. The highest BCUT2D eigenvalue weighted by molar-refractivity contribution is 6.13. The average Bonchev–Trinajstić information content (AvgIpc) is 2.27. The molecule has 0 atom stereocenters. The molecule has 0 saturated carbocycles. The Morgan fingerprint density at radius 2 is 0.595 bits per heavy atom. The molecule has 0 radical (unpaired) electrons. The van der Waals surface area contributed by atoms with Gasteiger partial charge in [0.2, 0.25) is 0 Å². The van der Waals surface area contributed by atoms with E-state index in [1.807, 2.05) is 97.1 Å². The van der Waals surface area contributed by atoms with Gasteiger partial charge in [0.1, 0.15) is 0 Å². The number of hydrogen-bond donors (Lipinski definition) is 0. The van der Waals surface area contributed by atoms with Crippen molar-refractivity contribution in [1.82, 2.24) is 24.1 Å². The molecule has 84 heavy (non-hydrogen) atoms. The molecule has 7 nitrogen and oxygen atoms in total. The molecule has 0 bridgehead atoms. The number of hydrogen-bond acceptors (Lipinski definition) is 5. The molecule has 7 heteroatoms. The van der Waals surface area contributed by atoms with Crippen molar-refractivity contribution in [3.8, 4) is 113 Å². The molecule has 0 saturated heterocycles. The van der Waals surface area contributed by atoms with E-state index in [1.165, 1.54) is 0 Å². The van der Waals surface area contributed by atoms with Crippen LogP contribution in [0.3, 0.4) is 0 Å². The molecule has 0 aliphatic rings. The molecule has 12 aromatic carbocycles. The summed E-state index contributed by atoms with van der Waals surface area (Å²) in [7, 11) is 0. The molecule has 0 N–H and O–H groups in total. The SMILES string of the molecule is N#Cc1ccc(-n2c3ccc(-c4ccccc4)cc3c3cc(-c4ccccc4)ccc32)c(-c2nc(-c3ccccc3)nc(-c3cc(-c4ccccc4C#N)ccc3-n3c4ccc(-c5ccccc5)cc4c4cc(-c5ccccc5)ccc43)n2)c1. The van der Waals surface area contributed by atoms with Crippen molar-refractivity contribution in [2.24, 2.45) is 0 Å². The van der Waals surface area contributed by atoms with Gasteiger partial charge >= 0.3 is 0 Å². The van der Waals surface area contributed by atoms with Gasteiger partial charge in [-0.25, -0.2) is 15.0 Å². The first-order chi connectivity index (χ1) is 41.5. The van der Waals surface area contributed by atoms with Gasteiger partial charge in [-0.05, 0) is 141 Å². The number of benzene rings is 12. The minimum atomic E-state index is 0.388. The van der Waals surface area contributed by atoms with Crippen LogP contribution in [0.2, 0.25) is 0 Å². The summed E-state index contributed by atoms with van der Waals surface area (Å²) < 4.78 is 4.61. The Morgan fingerprint density at radius 3 is 1.00 bits per heavy atom. The van der Waals surface area contributed by atoms with E-state index in [2.05, 4.69) is 209 Å². The maximum Gasteiger partial charge on any atom is 0.166 e. The number of nitrogens with zero attached hydrogens (tertiary/aromatic N) is 7. The lowest BCUT2D eigenvalue weighted by Gasteiger charge is -2.18. The molecule has 0 unspecified atom stereocenters. The zero-order valence-electron chi connectivity index (χ0n) is 45.3. The van der Waals surface area contributed by atoms with E-state index in [-0.39, 0.29) is 0 Å². The first-order valence-corrected chi connectivity index (χ1v) is 27.9. The van der Waals surface area contributed by atoms with Gasteiger partial charge in [0.25, 0.3) is 0 Å². The molecule has 0 fully saturated rings. The van der Waals surface area contributed by atoms with Crippen LogP contribution < -0.4 is 0 Å². The van der Waals surface area contributed by atoms with Crippen LogP contribution in [0.5, 0.6) is 0 Å². The Bertz CT molecular complexity index is 4940. The molecular formula is C77H47N7. The predicted molar refractivity (Wildman–Crippen MR) is 341 cm³/mol. The summed E-state index contributed by atoms with van der Waals surface area (Å²) in [6, 6.07) is 103. The Labute approximate surface area is 485 Å². The Hall–Kier alpha value is -11.8. The maximum atomic E-state index is 10.7. The summed E-state index contributed by atoms with van der Waals surface area (Å²) in [4.78, 5) is 16.5. The molecule has 390 valence electrons. The maximum absolute atomic E-state index is 10.7. The van der Waals surface area contributed by atoms with Crippen LogP contribution >= 0.6 is 0 Å². The van der Waals surface area contributed by atoms with Gasteiger partial charge in [0.15, 0.2) is 17.5 Å². The fourth-order valence-corrected chi connectivity index (χ4v) is 12.0. The van der Waals surface area contributed by atoms with Gasteiger partial charge in [-0.2, -0.15) is 10.5 Å². The lowest BCUT2D eigenvalue weighted by molar-refractivity contribution is 1.06. The Morgan fingerprint density at radius 1 is 0.250 bits per heavy atom. The van der Waals surface area contributed by atoms with Gasteiger partial charge < -0.3 is 9.13 Å². The van der Waals surface area contributed by atoms with Crippen molar-refractivity contribution in [2.45, 2.75) is 0 Å². The van der Waals surface area contributed by atoms with E-state index in [9.17, 15) is 10.5 Å². The van der Waals surface area contributed by atoms with Crippen LogP contribution in [0.25, 0.3) is 145 Å². The van der Waals surface area contributed by atoms with Crippen molar-refractivity contribution < 1.29 is 0 Å². The number of fused-ring (bicyclic) bond motifs is 6. The van der Waals surface area contributed by atoms with Gasteiger partial charge in [0.05, 0.1) is 56.7 Å². The van der Waals surface area contributed by atoms with E-state index in [0.717, 1.165) is 122 Å². The smallest absolute Gasteiger partial charge is 0.166 e. The summed E-state index contributed by atoms with van der Waals surface area (Å²) in [6.45, 7) is 0. The van der Waals surface area contributed by atoms with Crippen molar-refractivity contribution in [3.05, 3.63) is 296 Å². The van der Waals surface area contributed by atoms with Crippen molar-refractivity contribution >= 4 is 43.6 Å². The average molecular weight is 1070 g/mol. The van der Waals surface area contributed by atoms with Crippen LogP contribution in [0.1, 0.15) is 11.1 Å². The summed E-state index contributed by atoms with van der Waals surface area (Å²) >= 11 is 0. The third-order valence-electron chi connectivity index (χ3n) is 16.1. The second-order valence-corrected chi connectivity index (χ2v) is 21.0. The quantitative estimate of drug-likeness (QED) is 0.136. The standard InChI is InChI=1S/C77H47N7/c78-48-50-30-36-73(83-69-37-31-56(51-18-6-1-7-19-51)43-63(69)64-44-57(32-38-70(64)83)52-20-8-2-9-21-52)67(42-50)76-80-75(55-26-14-5-15-27-55)81-77(82-76)68-47-60(62-29-17-16-28-61(62)49-79)35-41-74(68)84-71-39-33-58(53-22-10-3-11-23-53)45-65(71)66-46-59(34-40-72(66)84)54-24-12-4-13-25-54/h1-47H. The van der Waals surface area contributed by atoms with Crippen molar-refractivity contribution in [2.75, 3.05) is 0 Å². The topological polar surface area (TPSA) is 96.1 Å². The number of nitriles is 2. The van der Waals surface area contributed by atoms with Gasteiger partial charge in [-0.1, -0.05) is 200 Å². The molecule has 0 aliphatic carbocycles. The second kappa shape index (κ2) is 20.7. The summed E-state index contributed by atoms with van der Waals surface area (Å²) in [5, 5.41) is 25.6. The summed E-state index contributed by atoms with van der Waals surface area (Å²) in [5.41, 5.74) is 19.3. The van der Waals surface area contributed by atoms with E-state index in [1.54, 1.807) is 0 Å². The lowest BCUT2D eigenvalue weighted by Crippen LogP contribution is -2.06. The van der Waals surface area contributed by atoms with Crippen LogP contribution in [0.4, 0.5) is 0 Å². The molecule has 3 heterocycles. The molecule has 0 spiro atoms. The zero-order chi connectivity index (χ0) is 56.1. The molecule has 3 aromatic heterocycles. The molecule has 0 amide bonds. The second-order valence-electron chi connectivity index (χ2n) is 21.0. The van der Waals surface area contributed by atoms with Gasteiger partial charge in [-0.15, -0.1) is 0 Å². The predicted octanol–water partition coefficient (Wildman–Crippen LogP) is 19.1. The van der Waals surface area contributed by atoms with Crippen molar-refractivity contribution in [3.63, 3.8) is 0 Å². The molecule has 15 aromatic rings. The van der Waals surface area contributed by atoms with Crippen LogP contribution in [0.15, 0.2) is 285 Å². The Balaban J connectivity index is 1.01. The van der Waals surface area contributed by atoms with Crippen molar-refractivity contribution in [1.29, 1.82) is 10.5 Å². The largest absolute Gasteiger partial charge is 0.308 e. The number of aromatic nitrogens is 5. The lowest BCUT2D eigenvalue weighted by atomic mass is 9.97. The van der Waals surface area contributed by atoms with Gasteiger partial charge in [-0.3, -0.25) is 0 Å². The highest BCUT2D eigenvalue weighted by Crippen LogP contribution is 2.44. The van der Waals surface area contributed by atoms with Crippen LogP contribution in [-0.2, 0) is 0 Å². The number of rotatable bonds is 10. The Kier molecular flexibility index (Phi) is 12.2. The van der Waals surface area contributed by atoms with Crippen LogP contribution in [0, 0.1) is 22.7 Å². The molecule has 15 rings (SSSR count). The van der Waals surface area contributed by atoms with E-state index in [0.29, 0.717) is 34.2 Å². The highest BCUT2D eigenvalue weighted by atomic mass is 15.1. The first-order valence-electron chi connectivity index (χ1n) is 27.9. The van der Waals surface area contributed by atoms with Crippen LogP contribution in [-0.4, -0.2) is 24.1 Å². The molecular weight excluding hydrogens is 1020 g/mol. The minimum absolute atomic E-state index is 0.388.